The van der Waals surface area contributed by atoms with Gasteiger partial charge in [0.25, 0.3) is 0 Å². The molecule has 3 heteroatoms. The molecule has 2 saturated carbocycles. The molecule has 0 aromatic carbocycles. The Morgan fingerprint density at radius 3 is 2.83 bits per heavy atom. The van der Waals surface area contributed by atoms with Crippen molar-refractivity contribution in [1.82, 2.24) is 0 Å². The maximum absolute atomic E-state index is 11.3. The Balaban J connectivity index is 1.90. The highest BCUT2D eigenvalue weighted by Gasteiger charge is 2.61. The molecule has 0 aromatic rings. The zero-order valence-corrected chi connectivity index (χ0v) is 7.32. The van der Waals surface area contributed by atoms with Gasteiger partial charge in [-0.05, 0) is 31.6 Å². The normalized spacial score (nSPS) is 43.8. The Morgan fingerprint density at radius 1 is 1.58 bits per heavy atom. The van der Waals surface area contributed by atoms with Gasteiger partial charge in [-0.25, -0.2) is 0 Å². The molecule has 0 bridgehead atoms. The summed E-state index contributed by atoms with van der Waals surface area (Å²) in [5.74, 6) is 1.12. The van der Waals surface area contributed by atoms with Crippen molar-refractivity contribution in [3.8, 4) is 0 Å². The van der Waals surface area contributed by atoms with Crippen molar-refractivity contribution in [2.24, 2.45) is 23.5 Å². The topological polar surface area (TPSA) is 52.3 Å². The van der Waals surface area contributed by atoms with Crippen molar-refractivity contribution >= 4 is 5.97 Å². The van der Waals surface area contributed by atoms with Crippen LogP contribution in [0, 0.1) is 17.8 Å². The van der Waals surface area contributed by atoms with E-state index in [1.807, 2.05) is 6.92 Å². The number of hydrogen-bond donors (Lipinski definition) is 1. The third-order valence-corrected chi connectivity index (χ3v) is 3.12. The van der Waals surface area contributed by atoms with Crippen LogP contribution in [-0.4, -0.2) is 18.6 Å². The average molecular weight is 169 g/mol. The highest BCUT2D eigenvalue weighted by molar-refractivity contribution is 5.77. The second kappa shape index (κ2) is 2.73. The summed E-state index contributed by atoms with van der Waals surface area (Å²) >= 11 is 0. The molecule has 2 aliphatic carbocycles. The molecule has 0 saturated heterocycles. The van der Waals surface area contributed by atoms with E-state index in [0.717, 1.165) is 12.8 Å². The van der Waals surface area contributed by atoms with E-state index in [2.05, 4.69) is 0 Å². The lowest BCUT2D eigenvalue weighted by atomic mass is 10.1. The molecular weight excluding hydrogens is 154 g/mol. The van der Waals surface area contributed by atoms with Gasteiger partial charge in [-0.3, -0.25) is 4.79 Å². The lowest BCUT2D eigenvalue weighted by Gasteiger charge is -2.07. The summed E-state index contributed by atoms with van der Waals surface area (Å²) in [6.07, 6.45) is 2.21. The standard InChI is InChI=1S/C9H15NO2/c1-2-12-9(11)8-5-3-4-6(10)7(5)8/h5-8H,2-4,10H2,1H3/t5-,6?,7-,8+/m1/s1. The van der Waals surface area contributed by atoms with Gasteiger partial charge in [-0.15, -0.1) is 0 Å². The Kier molecular flexibility index (Phi) is 1.83. The first kappa shape index (κ1) is 8.05. The van der Waals surface area contributed by atoms with Crippen molar-refractivity contribution in [2.45, 2.75) is 25.8 Å². The van der Waals surface area contributed by atoms with Crippen LogP contribution in [0.5, 0.6) is 0 Å². The van der Waals surface area contributed by atoms with Crippen LogP contribution in [0.3, 0.4) is 0 Å². The number of rotatable bonds is 2. The fourth-order valence-corrected chi connectivity index (χ4v) is 2.50. The first-order chi connectivity index (χ1) is 5.75. The predicted octanol–water partition coefficient (Wildman–Crippen LogP) is 0.533. The summed E-state index contributed by atoms with van der Waals surface area (Å²) in [6.45, 7) is 2.33. The van der Waals surface area contributed by atoms with E-state index in [1.54, 1.807) is 0 Å². The van der Waals surface area contributed by atoms with Crippen LogP contribution in [0.2, 0.25) is 0 Å². The van der Waals surface area contributed by atoms with E-state index < -0.39 is 0 Å². The van der Waals surface area contributed by atoms with Crippen molar-refractivity contribution in [2.75, 3.05) is 6.61 Å². The third-order valence-electron chi connectivity index (χ3n) is 3.12. The first-order valence-corrected chi connectivity index (χ1v) is 4.68. The van der Waals surface area contributed by atoms with Gasteiger partial charge in [-0.1, -0.05) is 0 Å². The predicted molar refractivity (Wildman–Crippen MR) is 44.3 cm³/mol. The van der Waals surface area contributed by atoms with Crippen molar-refractivity contribution in [3.63, 3.8) is 0 Å². The number of carbonyl (C=O) groups is 1. The highest BCUT2D eigenvalue weighted by Crippen LogP contribution is 2.57. The average Bonchev–Trinajstić information content (AvgIpc) is 2.65. The van der Waals surface area contributed by atoms with E-state index in [9.17, 15) is 4.79 Å². The van der Waals surface area contributed by atoms with E-state index in [1.165, 1.54) is 0 Å². The third kappa shape index (κ3) is 1.04. The van der Waals surface area contributed by atoms with Gasteiger partial charge in [0.15, 0.2) is 0 Å². The Labute approximate surface area is 72.3 Å². The van der Waals surface area contributed by atoms with Crippen LogP contribution in [0.1, 0.15) is 19.8 Å². The quantitative estimate of drug-likeness (QED) is 0.613. The molecule has 4 atom stereocenters. The van der Waals surface area contributed by atoms with Gasteiger partial charge < -0.3 is 10.5 Å². The summed E-state index contributed by atoms with van der Waals surface area (Å²) in [5, 5.41) is 0. The van der Waals surface area contributed by atoms with E-state index >= 15 is 0 Å². The summed E-state index contributed by atoms with van der Waals surface area (Å²) in [5.41, 5.74) is 5.84. The summed E-state index contributed by atoms with van der Waals surface area (Å²) in [7, 11) is 0. The number of esters is 1. The van der Waals surface area contributed by atoms with Crippen LogP contribution in [0.15, 0.2) is 0 Å². The van der Waals surface area contributed by atoms with Gasteiger partial charge in [0.05, 0.1) is 12.5 Å². The monoisotopic (exact) mass is 169 g/mol. The molecule has 1 unspecified atom stereocenters. The smallest absolute Gasteiger partial charge is 0.309 e. The number of carbonyl (C=O) groups excluding carboxylic acids is 1. The number of fused-ring (bicyclic) bond motifs is 1. The van der Waals surface area contributed by atoms with E-state index in [4.69, 9.17) is 10.5 Å². The molecule has 2 rings (SSSR count). The summed E-state index contributed by atoms with van der Waals surface area (Å²) in [4.78, 5) is 11.3. The Hall–Kier alpha value is -0.570. The molecule has 0 amide bonds. The van der Waals surface area contributed by atoms with Gasteiger partial charge in [0.1, 0.15) is 0 Å². The van der Waals surface area contributed by atoms with Crippen LogP contribution in [0.4, 0.5) is 0 Å². The molecular formula is C9H15NO2. The van der Waals surface area contributed by atoms with Crippen LogP contribution in [-0.2, 0) is 9.53 Å². The maximum atomic E-state index is 11.3. The molecule has 2 fully saturated rings. The van der Waals surface area contributed by atoms with Gasteiger partial charge >= 0.3 is 5.97 Å². The zero-order valence-electron chi connectivity index (χ0n) is 7.32. The molecule has 3 nitrogen and oxygen atoms in total. The van der Waals surface area contributed by atoms with Gasteiger partial charge in [-0.2, -0.15) is 0 Å². The van der Waals surface area contributed by atoms with Crippen molar-refractivity contribution in [3.05, 3.63) is 0 Å². The Morgan fingerprint density at radius 2 is 2.33 bits per heavy atom. The molecule has 0 radical (unpaired) electrons. The molecule has 2 N–H and O–H groups in total. The van der Waals surface area contributed by atoms with Crippen LogP contribution in [0.25, 0.3) is 0 Å². The van der Waals surface area contributed by atoms with Gasteiger partial charge in [0, 0.05) is 6.04 Å². The minimum Gasteiger partial charge on any atom is -0.466 e. The number of hydrogen-bond acceptors (Lipinski definition) is 3. The number of ether oxygens (including phenoxy) is 1. The second-order valence-electron chi connectivity index (χ2n) is 3.76. The molecule has 68 valence electrons. The molecule has 0 aliphatic heterocycles. The molecule has 0 heterocycles. The van der Waals surface area contributed by atoms with Gasteiger partial charge in [0.2, 0.25) is 0 Å². The minimum atomic E-state index is -0.0253. The van der Waals surface area contributed by atoms with E-state index in [-0.39, 0.29) is 17.9 Å². The molecule has 0 spiro atoms. The molecule has 0 aromatic heterocycles. The highest BCUT2D eigenvalue weighted by atomic mass is 16.5. The van der Waals surface area contributed by atoms with Crippen molar-refractivity contribution < 1.29 is 9.53 Å². The second-order valence-corrected chi connectivity index (χ2v) is 3.76. The SMILES string of the molecule is CCOC(=O)[C@H]1[C@@H]2CCC(N)[C@@H]21. The largest absolute Gasteiger partial charge is 0.466 e. The first-order valence-electron chi connectivity index (χ1n) is 4.68. The lowest BCUT2D eigenvalue weighted by Crippen LogP contribution is -2.23. The van der Waals surface area contributed by atoms with Crippen LogP contribution >= 0.6 is 0 Å². The Bertz CT molecular complexity index is 205. The fraction of sp³-hybridized carbons (Fsp3) is 0.889. The summed E-state index contributed by atoms with van der Waals surface area (Å²) < 4.78 is 4.96. The maximum Gasteiger partial charge on any atom is 0.309 e. The van der Waals surface area contributed by atoms with E-state index in [0.29, 0.717) is 18.4 Å². The lowest BCUT2D eigenvalue weighted by molar-refractivity contribution is -0.145. The fourth-order valence-electron chi connectivity index (χ4n) is 2.50. The van der Waals surface area contributed by atoms with Crippen molar-refractivity contribution in [1.29, 1.82) is 0 Å². The molecule has 2 aliphatic rings. The number of nitrogens with two attached hydrogens (primary N) is 1. The zero-order chi connectivity index (χ0) is 8.72. The minimum absolute atomic E-state index is 0.0253. The van der Waals surface area contributed by atoms with Crippen LogP contribution < -0.4 is 5.73 Å². The summed E-state index contributed by atoms with van der Waals surface area (Å²) in [6, 6.07) is 0.254. The molecule has 12 heavy (non-hydrogen) atoms.